The Morgan fingerprint density at radius 1 is 0.962 bits per heavy atom. The van der Waals surface area contributed by atoms with E-state index in [9.17, 15) is 9.59 Å². The SMILES string of the molecule is COc1ccccc1C(=O)NCCCNC(=O)c1cc2ccccc2[nH]1. The van der Waals surface area contributed by atoms with Crippen LogP contribution in [0, 0.1) is 0 Å². The fraction of sp³-hybridized carbons (Fsp3) is 0.200. The number of para-hydroxylation sites is 2. The monoisotopic (exact) mass is 351 g/mol. The predicted octanol–water partition coefficient (Wildman–Crippen LogP) is 2.73. The van der Waals surface area contributed by atoms with Crippen molar-refractivity contribution in [3.8, 4) is 5.75 Å². The predicted molar refractivity (Wildman–Crippen MR) is 101 cm³/mol. The number of methoxy groups -OCH3 is 1. The maximum Gasteiger partial charge on any atom is 0.267 e. The van der Waals surface area contributed by atoms with Gasteiger partial charge in [0.1, 0.15) is 11.4 Å². The summed E-state index contributed by atoms with van der Waals surface area (Å²) in [5.41, 5.74) is 1.96. The molecule has 0 bridgehead atoms. The first kappa shape index (κ1) is 17.5. The highest BCUT2D eigenvalue weighted by molar-refractivity contribution is 5.98. The Balaban J connectivity index is 1.44. The van der Waals surface area contributed by atoms with Crippen molar-refractivity contribution in [2.24, 2.45) is 0 Å². The molecule has 3 N–H and O–H groups in total. The molecule has 26 heavy (non-hydrogen) atoms. The molecule has 0 fully saturated rings. The fourth-order valence-corrected chi connectivity index (χ4v) is 2.71. The van der Waals surface area contributed by atoms with Crippen LogP contribution in [0.2, 0.25) is 0 Å². The number of aromatic nitrogens is 1. The topological polar surface area (TPSA) is 83.2 Å². The van der Waals surface area contributed by atoms with Gasteiger partial charge < -0.3 is 20.4 Å². The van der Waals surface area contributed by atoms with Crippen LogP contribution in [-0.2, 0) is 0 Å². The van der Waals surface area contributed by atoms with E-state index < -0.39 is 0 Å². The molecule has 0 atom stereocenters. The van der Waals surface area contributed by atoms with Gasteiger partial charge in [0, 0.05) is 24.0 Å². The van der Waals surface area contributed by atoms with Gasteiger partial charge in [0.25, 0.3) is 11.8 Å². The second-order valence-corrected chi connectivity index (χ2v) is 5.84. The highest BCUT2D eigenvalue weighted by atomic mass is 16.5. The number of fused-ring (bicyclic) bond motifs is 1. The number of nitrogens with one attached hydrogen (secondary N) is 3. The zero-order valence-corrected chi connectivity index (χ0v) is 14.5. The van der Waals surface area contributed by atoms with Crippen molar-refractivity contribution in [1.29, 1.82) is 0 Å². The molecule has 1 heterocycles. The molecular formula is C20H21N3O3. The number of carbonyl (C=O) groups excluding carboxylic acids is 2. The van der Waals surface area contributed by atoms with Crippen LogP contribution in [-0.4, -0.2) is 37.0 Å². The highest BCUT2D eigenvalue weighted by Crippen LogP contribution is 2.17. The summed E-state index contributed by atoms with van der Waals surface area (Å²) in [6.07, 6.45) is 0.632. The van der Waals surface area contributed by atoms with Crippen molar-refractivity contribution >= 4 is 22.7 Å². The normalized spacial score (nSPS) is 10.5. The third-order valence-corrected chi connectivity index (χ3v) is 4.05. The maximum absolute atomic E-state index is 12.2. The van der Waals surface area contributed by atoms with Gasteiger partial charge in [0.15, 0.2) is 0 Å². The van der Waals surface area contributed by atoms with E-state index >= 15 is 0 Å². The number of hydrogen-bond acceptors (Lipinski definition) is 3. The van der Waals surface area contributed by atoms with Crippen molar-refractivity contribution in [2.75, 3.05) is 20.2 Å². The summed E-state index contributed by atoms with van der Waals surface area (Å²) in [6.45, 7) is 0.935. The molecule has 0 unspecified atom stereocenters. The Morgan fingerprint density at radius 2 is 1.65 bits per heavy atom. The van der Waals surface area contributed by atoms with Crippen LogP contribution in [0.3, 0.4) is 0 Å². The van der Waals surface area contributed by atoms with Gasteiger partial charge in [-0.2, -0.15) is 0 Å². The number of ether oxygens (including phenoxy) is 1. The summed E-state index contributed by atoms with van der Waals surface area (Å²) in [5.74, 6) is 0.193. The van der Waals surface area contributed by atoms with E-state index in [-0.39, 0.29) is 11.8 Å². The second kappa shape index (κ2) is 8.20. The van der Waals surface area contributed by atoms with Crippen LogP contribution in [0.5, 0.6) is 5.75 Å². The Kier molecular flexibility index (Phi) is 5.53. The molecule has 3 rings (SSSR count). The Hall–Kier alpha value is -3.28. The largest absolute Gasteiger partial charge is 0.496 e. The summed E-state index contributed by atoms with van der Waals surface area (Å²) < 4.78 is 5.18. The number of rotatable bonds is 7. The lowest BCUT2D eigenvalue weighted by Crippen LogP contribution is -2.30. The first-order chi connectivity index (χ1) is 12.7. The molecule has 0 spiro atoms. The van der Waals surface area contributed by atoms with Crippen molar-refractivity contribution < 1.29 is 14.3 Å². The van der Waals surface area contributed by atoms with Gasteiger partial charge in [0.05, 0.1) is 12.7 Å². The molecule has 0 aliphatic heterocycles. The number of carbonyl (C=O) groups is 2. The minimum Gasteiger partial charge on any atom is -0.496 e. The summed E-state index contributed by atoms with van der Waals surface area (Å²) >= 11 is 0. The van der Waals surface area contributed by atoms with Gasteiger partial charge in [-0.3, -0.25) is 9.59 Å². The van der Waals surface area contributed by atoms with E-state index in [0.717, 1.165) is 10.9 Å². The lowest BCUT2D eigenvalue weighted by Gasteiger charge is -2.09. The lowest BCUT2D eigenvalue weighted by molar-refractivity contribution is 0.0948. The zero-order valence-electron chi connectivity index (χ0n) is 14.5. The number of H-pyrrole nitrogens is 1. The smallest absolute Gasteiger partial charge is 0.267 e. The third-order valence-electron chi connectivity index (χ3n) is 4.05. The molecule has 2 amide bonds. The molecule has 134 valence electrons. The average molecular weight is 351 g/mol. The number of amides is 2. The summed E-state index contributed by atoms with van der Waals surface area (Å²) in [4.78, 5) is 27.4. The van der Waals surface area contributed by atoms with Crippen LogP contribution < -0.4 is 15.4 Å². The fourth-order valence-electron chi connectivity index (χ4n) is 2.71. The van der Waals surface area contributed by atoms with Gasteiger partial charge in [0.2, 0.25) is 0 Å². The standard InChI is InChI=1S/C20H21N3O3/c1-26-18-10-5-3-8-15(18)19(24)21-11-6-12-22-20(25)17-13-14-7-2-4-9-16(14)23-17/h2-5,7-10,13,23H,6,11-12H2,1H3,(H,21,24)(H,22,25). The molecule has 0 aliphatic carbocycles. The van der Waals surface area contributed by atoms with Crippen LogP contribution in [0.25, 0.3) is 10.9 Å². The van der Waals surface area contributed by atoms with Crippen molar-refractivity contribution in [3.63, 3.8) is 0 Å². The van der Waals surface area contributed by atoms with Crippen LogP contribution >= 0.6 is 0 Å². The molecule has 6 nitrogen and oxygen atoms in total. The van der Waals surface area contributed by atoms with E-state index in [0.29, 0.717) is 36.5 Å². The molecule has 1 aromatic heterocycles. The van der Waals surface area contributed by atoms with Crippen LogP contribution in [0.4, 0.5) is 0 Å². The maximum atomic E-state index is 12.2. The van der Waals surface area contributed by atoms with Gasteiger partial charge in [-0.25, -0.2) is 0 Å². The molecule has 0 radical (unpaired) electrons. The van der Waals surface area contributed by atoms with Crippen molar-refractivity contribution in [3.05, 3.63) is 65.9 Å². The molecule has 0 saturated heterocycles. The van der Waals surface area contributed by atoms with Crippen LogP contribution in [0.1, 0.15) is 27.3 Å². The van der Waals surface area contributed by atoms with Gasteiger partial charge in [-0.05, 0) is 30.7 Å². The molecule has 6 heteroatoms. The van der Waals surface area contributed by atoms with E-state index in [4.69, 9.17) is 4.74 Å². The summed E-state index contributed by atoms with van der Waals surface area (Å²) in [5, 5.41) is 6.68. The first-order valence-electron chi connectivity index (χ1n) is 8.46. The average Bonchev–Trinajstić information content (AvgIpc) is 3.11. The van der Waals surface area contributed by atoms with E-state index in [1.807, 2.05) is 36.4 Å². The minimum atomic E-state index is -0.190. The van der Waals surface area contributed by atoms with Crippen LogP contribution in [0.15, 0.2) is 54.6 Å². The Morgan fingerprint density at radius 3 is 2.42 bits per heavy atom. The third kappa shape index (κ3) is 4.03. The van der Waals surface area contributed by atoms with Crippen molar-refractivity contribution in [1.82, 2.24) is 15.6 Å². The Labute approximate surface area is 151 Å². The zero-order chi connectivity index (χ0) is 18.4. The van der Waals surface area contributed by atoms with E-state index in [2.05, 4.69) is 15.6 Å². The highest BCUT2D eigenvalue weighted by Gasteiger charge is 2.11. The van der Waals surface area contributed by atoms with E-state index in [1.54, 1.807) is 18.2 Å². The van der Waals surface area contributed by atoms with Gasteiger partial charge in [-0.1, -0.05) is 30.3 Å². The van der Waals surface area contributed by atoms with Gasteiger partial charge in [-0.15, -0.1) is 0 Å². The Bertz CT molecular complexity index is 884. The summed E-state index contributed by atoms with van der Waals surface area (Å²) in [7, 11) is 1.53. The first-order valence-corrected chi connectivity index (χ1v) is 8.46. The van der Waals surface area contributed by atoms with E-state index in [1.165, 1.54) is 7.11 Å². The van der Waals surface area contributed by atoms with Gasteiger partial charge >= 0.3 is 0 Å². The molecule has 0 aliphatic rings. The summed E-state index contributed by atoms with van der Waals surface area (Å²) in [6, 6.07) is 16.6. The number of aromatic amines is 1. The number of benzene rings is 2. The quantitative estimate of drug-likeness (QED) is 0.572. The molecule has 3 aromatic rings. The number of hydrogen-bond donors (Lipinski definition) is 3. The molecule has 0 saturated carbocycles. The second-order valence-electron chi connectivity index (χ2n) is 5.84. The lowest BCUT2D eigenvalue weighted by atomic mass is 10.2. The van der Waals surface area contributed by atoms with Crippen molar-refractivity contribution in [2.45, 2.75) is 6.42 Å². The molecular weight excluding hydrogens is 330 g/mol. The minimum absolute atomic E-state index is 0.155. The molecule has 2 aromatic carbocycles.